The molecule has 2 aliphatic rings. The number of rotatable bonds is 8. The summed E-state index contributed by atoms with van der Waals surface area (Å²) < 4.78 is 0. The Kier molecular flexibility index (Phi) is 6.32. The molecule has 2 fully saturated rings. The molecule has 0 aliphatic heterocycles. The summed E-state index contributed by atoms with van der Waals surface area (Å²) >= 11 is 0. The van der Waals surface area contributed by atoms with Crippen LogP contribution in [0.1, 0.15) is 46.9 Å². The second kappa shape index (κ2) is 10.1. The van der Waals surface area contributed by atoms with Crippen molar-refractivity contribution in [3.05, 3.63) is 131 Å². The van der Waals surface area contributed by atoms with Gasteiger partial charge in [-0.3, -0.25) is 9.59 Å². The van der Waals surface area contributed by atoms with Crippen LogP contribution in [0.15, 0.2) is 109 Å². The smallest absolute Gasteiger partial charge is 0.228 e. The molecule has 0 spiro atoms. The molecule has 37 heavy (non-hydrogen) atoms. The third-order valence-corrected chi connectivity index (χ3v) is 7.56. The first kappa shape index (κ1) is 23.2. The van der Waals surface area contributed by atoms with Crippen molar-refractivity contribution in [2.45, 2.75) is 31.1 Å². The van der Waals surface area contributed by atoms with Crippen molar-refractivity contribution in [2.24, 2.45) is 11.8 Å². The van der Waals surface area contributed by atoms with Crippen molar-refractivity contribution < 1.29 is 9.59 Å². The molecule has 0 aromatic heterocycles. The fourth-order valence-corrected chi connectivity index (χ4v) is 5.22. The first-order chi connectivity index (χ1) is 18.1. The highest BCUT2D eigenvalue weighted by molar-refractivity contribution is 5.96. The summed E-state index contributed by atoms with van der Waals surface area (Å²) in [5.74, 6) is 0.988. The molecule has 2 aliphatic carbocycles. The van der Waals surface area contributed by atoms with Crippen LogP contribution in [0.2, 0.25) is 0 Å². The van der Waals surface area contributed by atoms with Crippen LogP contribution >= 0.6 is 0 Å². The van der Waals surface area contributed by atoms with Gasteiger partial charge in [0.1, 0.15) is 0 Å². The third kappa shape index (κ3) is 5.49. The average Bonchev–Trinajstić information content (AvgIpc) is 3.86. The molecule has 2 saturated carbocycles. The van der Waals surface area contributed by atoms with Crippen molar-refractivity contribution >= 4 is 23.2 Å². The standard InChI is InChI=1S/C33H30N2O2/c36-32(30-20-28(30)24-7-3-1-4-8-24)34-26-15-11-22(12-16-26)19-23-13-17-27(18-14-23)35-33(37)31-21-29(31)25-9-5-2-6-10-25/h1-18,28-31H,19-21H2,(H,34,36)(H,35,37). The lowest BCUT2D eigenvalue weighted by molar-refractivity contribution is -0.118. The molecule has 0 saturated heterocycles. The summed E-state index contributed by atoms with van der Waals surface area (Å²) in [7, 11) is 0. The number of anilines is 2. The van der Waals surface area contributed by atoms with E-state index in [0.29, 0.717) is 11.8 Å². The lowest BCUT2D eigenvalue weighted by atomic mass is 10.0. The SMILES string of the molecule is O=C(Nc1ccc(Cc2ccc(NC(=O)C3CC3c3ccccc3)cc2)cc1)C1CC1c1ccccc1. The monoisotopic (exact) mass is 486 g/mol. The number of amides is 2. The van der Waals surface area contributed by atoms with Gasteiger partial charge in [0, 0.05) is 23.2 Å². The Morgan fingerprint density at radius 2 is 0.919 bits per heavy atom. The van der Waals surface area contributed by atoms with Gasteiger partial charge >= 0.3 is 0 Å². The Bertz CT molecular complexity index is 1270. The summed E-state index contributed by atoms with van der Waals surface area (Å²) in [4.78, 5) is 25.3. The quantitative estimate of drug-likeness (QED) is 0.289. The van der Waals surface area contributed by atoms with E-state index in [1.807, 2.05) is 60.7 Å². The molecule has 184 valence electrons. The predicted octanol–water partition coefficient (Wildman–Crippen LogP) is 6.76. The molecular weight excluding hydrogens is 456 g/mol. The van der Waals surface area contributed by atoms with Gasteiger partial charge in [-0.1, -0.05) is 84.9 Å². The van der Waals surface area contributed by atoms with Gasteiger partial charge in [-0.05, 0) is 77.6 Å². The van der Waals surface area contributed by atoms with Gasteiger partial charge in [0.2, 0.25) is 11.8 Å². The van der Waals surface area contributed by atoms with Gasteiger partial charge in [0.15, 0.2) is 0 Å². The topological polar surface area (TPSA) is 58.2 Å². The molecule has 2 amide bonds. The maximum atomic E-state index is 12.6. The number of carbonyl (C=O) groups excluding carboxylic acids is 2. The first-order valence-corrected chi connectivity index (χ1v) is 13.0. The van der Waals surface area contributed by atoms with E-state index in [0.717, 1.165) is 30.6 Å². The van der Waals surface area contributed by atoms with E-state index in [4.69, 9.17) is 0 Å². The highest BCUT2D eigenvalue weighted by atomic mass is 16.2. The van der Waals surface area contributed by atoms with Crippen LogP contribution in [-0.4, -0.2) is 11.8 Å². The van der Waals surface area contributed by atoms with Crippen molar-refractivity contribution in [3.63, 3.8) is 0 Å². The summed E-state index contributed by atoms with van der Waals surface area (Å²) in [5, 5.41) is 6.14. The number of carbonyl (C=O) groups is 2. The summed E-state index contributed by atoms with van der Waals surface area (Å²) in [5.41, 5.74) is 6.50. The molecule has 6 rings (SSSR count). The van der Waals surface area contributed by atoms with E-state index in [1.165, 1.54) is 22.3 Å². The summed E-state index contributed by atoms with van der Waals surface area (Å²) in [6.07, 6.45) is 2.62. The second-order valence-electron chi connectivity index (χ2n) is 10.3. The van der Waals surface area contributed by atoms with Gasteiger partial charge in [0.05, 0.1) is 0 Å². The number of nitrogens with one attached hydrogen (secondary N) is 2. The van der Waals surface area contributed by atoms with E-state index in [1.54, 1.807) is 0 Å². The molecular formula is C33H30N2O2. The first-order valence-electron chi connectivity index (χ1n) is 13.0. The highest BCUT2D eigenvalue weighted by Gasteiger charge is 2.44. The Labute approximate surface area is 217 Å². The Morgan fingerprint density at radius 3 is 1.30 bits per heavy atom. The molecule has 4 atom stereocenters. The molecule has 4 aromatic rings. The van der Waals surface area contributed by atoms with Crippen LogP contribution in [0, 0.1) is 11.8 Å². The van der Waals surface area contributed by atoms with Gasteiger partial charge < -0.3 is 10.6 Å². The largest absolute Gasteiger partial charge is 0.326 e. The van der Waals surface area contributed by atoms with E-state index >= 15 is 0 Å². The lowest BCUT2D eigenvalue weighted by Crippen LogP contribution is -2.14. The highest BCUT2D eigenvalue weighted by Crippen LogP contribution is 2.48. The Hall–Kier alpha value is -4.18. The molecule has 0 radical (unpaired) electrons. The van der Waals surface area contributed by atoms with E-state index in [2.05, 4.69) is 59.2 Å². The van der Waals surface area contributed by atoms with Crippen molar-refractivity contribution in [2.75, 3.05) is 10.6 Å². The Morgan fingerprint density at radius 1 is 0.541 bits per heavy atom. The van der Waals surface area contributed by atoms with E-state index in [-0.39, 0.29) is 23.7 Å². The zero-order chi connectivity index (χ0) is 25.2. The van der Waals surface area contributed by atoms with E-state index in [9.17, 15) is 9.59 Å². The molecule has 4 heteroatoms. The van der Waals surface area contributed by atoms with Crippen molar-refractivity contribution in [1.29, 1.82) is 0 Å². The van der Waals surface area contributed by atoms with Crippen LogP contribution in [0.4, 0.5) is 11.4 Å². The third-order valence-electron chi connectivity index (χ3n) is 7.56. The van der Waals surface area contributed by atoms with Crippen molar-refractivity contribution in [3.8, 4) is 0 Å². The molecule has 0 bridgehead atoms. The van der Waals surface area contributed by atoms with Crippen LogP contribution < -0.4 is 10.6 Å². The molecule has 0 heterocycles. The fourth-order valence-electron chi connectivity index (χ4n) is 5.22. The van der Waals surface area contributed by atoms with Crippen molar-refractivity contribution in [1.82, 2.24) is 0 Å². The summed E-state index contributed by atoms with van der Waals surface area (Å²) in [6.45, 7) is 0. The van der Waals surface area contributed by atoms with Crippen LogP contribution in [0.3, 0.4) is 0 Å². The number of hydrogen-bond donors (Lipinski definition) is 2. The van der Waals surface area contributed by atoms with Gasteiger partial charge in [-0.25, -0.2) is 0 Å². The zero-order valence-electron chi connectivity index (χ0n) is 20.6. The average molecular weight is 487 g/mol. The molecule has 4 nitrogen and oxygen atoms in total. The van der Waals surface area contributed by atoms with Crippen LogP contribution in [0.5, 0.6) is 0 Å². The maximum absolute atomic E-state index is 12.6. The van der Waals surface area contributed by atoms with Crippen LogP contribution in [-0.2, 0) is 16.0 Å². The predicted molar refractivity (Wildman–Crippen MR) is 148 cm³/mol. The van der Waals surface area contributed by atoms with Gasteiger partial charge in [-0.15, -0.1) is 0 Å². The second-order valence-corrected chi connectivity index (χ2v) is 10.3. The Balaban J connectivity index is 0.985. The summed E-state index contributed by atoms with van der Waals surface area (Å²) in [6, 6.07) is 36.6. The minimum atomic E-state index is 0.0604. The maximum Gasteiger partial charge on any atom is 0.228 e. The van der Waals surface area contributed by atoms with Gasteiger partial charge in [0.25, 0.3) is 0 Å². The molecule has 2 N–H and O–H groups in total. The molecule has 4 aromatic carbocycles. The molecule has 4 unspecified atom stereocenters. The lowest BCUT2D eigenvalue weighted by Gasteiger charge is -2.09. The van der Waals surface area contributed by atoms with E-state index < -0.39 is 0 Å². The minimum absolute atomic E-state index is 0.0604. The zero-order valence-corrected chi connectivity index (χ0v) is 20.6. The van der Waals surface area contributed by atoms with Crippen LogP contribution in [0.25, 0.3) is 0 Å². The normalized spacial score (nSPS) is 21.6. The van der Waals surface area contributed by atoms with Gasteiger partial charge in [-0.2, -0.15) is 0 Å². The fraction of sp³-hybridized carbons (Fsp3) is 0.212. The minimum Gasteiger partial charge on any atom is -0.326 e. The number of hydrogen-bond acceptors (Lipinski definition) is 2. The number of benzene rings is 4.